The van der Waals surface area contributed by atoms with Gasteiger partial charge in [0.1, 0.15) is 12.1 Å². The second-order valence-electron chi connectivity index (χ2n) is 18.8. The second kappa shape index (κ2) is 34.1. The number of hydrogen-bond acceptors (Lipinski definition) is 8. The molecule has 8 heteroatoms. The maximum absolute atomic E-state index is 10.1. The molecule has 8 nitrogen and oxygen atoms in total. The SMILES string of the molecule is CCCCCCCCCCOc1cc2c3cc(OCCCCCCCCCC)c(OCCCCCCCCCC)cc3c3nc(C#N)c(C#N)nc3c2cc1OCCCCCCCCCC. The largest absolute Gasteiger partial charge is 0.490 e. The third-order valence-electron chi connectivity index (χ3n) is 13.1. The molecule has 0 spiro atoms. The lowest BCUT2D eigenvalue weighted by Crippen LogP contribution is -2.05. The Bertz CT molecular complexity index is 1890. The van der Waals surface area contributed by atoms with Crippen molar-refractivity contribution in [2.24, 2.45) is 0 Å². The van der Waals surface area contributed by atoms with Crippen LogP contribution in [-0.2, 0) is 0 Å². The normalized spacial score (nSPS) is 11.4. The highest BCUT2D eigenvalue weighted by Crippen LogP contribution is 2.44. The van der Waals surface area contributed by atoms with Gasteiger partial charge in [0.15, 0.2) is 34.4 Å². The van der Waals surface area contributed by atoms with Crippen molar-refractivity contribution in [3.05, 3.63) is 35.7 Å². The predicted octanol–water partition coefficient (Wildman–Crippen LogP) is 17.8. The molecule has 0 unspecified atom stereocenters. The van der Waals surface area contributed by atoms with E-state index in [-0.39, 0.29) is 11.4 Å². The van der Waals surface area contributed by atoms with E-state index in [1.165, 1.54) is 154 Å². The first-order valence-corrected chi connectivity index (χ1v) is 27.2. The number of aromatic nitrogens is 2. The summed E-state index contributed by atoms with van der Waals surface area (Å²) in [6.45, 7) is 11.4. The summed E-state index contributed by atoms with van der Waals surface area (Å²) in [5, 5.41) is 23.7. The Morgan fingerprint density at radius 3 is 0.758 bits per heavy atom. The molecule has 4 aromatic rings. The number of benzene rings is 3. The van der Waals surface area contributed by atoms with E-state index in [1.54, 1.807) is 0 Å². The molecule has 0 aliphatic carbocycles. The third-order valence-corrected chi connectivity index (χ3v) is 13.1. The number of nitriles is 2. The van der Waals surface area contributed by atoms with Crippen LogP contribution in [0.1, 0.15) is 245 Å². The Balaban J connectivity index is 1.70. The van der Waals surface area contributed by atoms with E-state index >= 15 is 0 Å². The van der Waals surface area contributed by atoms with E-state index in [0.717, 1.165) is 72.9 Å². The Hall–Kier alpha value is -4.30. The van der Waals surface area contributed by atoms with Gasteiger partial charge in [0, 0.05) is 10.8 Å². The highest BCUT2D eigenvalue weighted by atomic mass is 16.5. The zero-order valence-corrected chi connectivity index (χ0v) is 42.2. The van der Waals surface area contributed by atoms with Crippen LogP contribution < -0.4 is 18.9 Å². The molecule has 364 valence electrons. The molecule has 0 saturated carbocycles. The van der Waals surface area contributed by atoms with Crippen LogP contribution in [0, 0.1) is 22.7 Å². The van der Waals surface area contributed by atoms with Crippen molar-refractivity contribution in [3.63, 3.8) is 0 Å². The summed E-state index contributed by atoms with van der Waals surface area (Å²) in [7, 11) is 0. The zero-order chi connectivity index (χ0) is 46.9. The van der Waals surface area contributed by atoms with Gasteiger partial charge in [0.2, 0.25) is 0 Å². The minimum absolute atomic E-state index is 0.0126. The van der Waals surface area contributed by atoms with E-state index in [1.807, 2.05) is 12.1 Å². The van der Waals surface area contributed by atoms with E-state index in [9.17, 15) is 10.5 Å². The number of hydrogen-bond donors (Lipinski definition) is 0. The van der Waals surface area contributed by atoms with E-state index < -0.39 is 0 Å². The van der Waals surface area contributed by atoms with Crippen molar-refractivity contribution in [2.45, 2.75) is 233 Å². The maximum Gasteiger partial charge on any atom is 0.177 e. The van der Waals surface area contributed by atoms with Gasteiger partial charge in [0.05, 0.1) is 37.5 Å². The number of fused-ring (bicyclic) bond motifs is 6. The molecular formula is C58H88N4O4. The Morgan fingerprint density at radius 1 is 0.318 bits per heavy atom. The quantitative estimate of drug-likeness (QED) is 0.0321. The molecule has 0 N–H and O–H groups in total. The molecular weight excluding hydrogens is 817 g/mol. The van der Waals surface area contributed by atoms with Crippen molar-refractivity contribution in [2.75, 3.05) is 26.4 Å². The average Bonchev–Trinajstić information content (AvgIpc) is 3.34. The molecule has 0 bridgehead atoms. The van der Waals surface area contributed by atoms with Crippen LogP contribution in [0.4, 0.5) is 0 Å². The molecule has 0 atom stereocenters. The average molecular weight is 905 g/mol. The maximum atomic E-state index is 10.1. The lowest BCUT2D eigenvalue weighted by molar-refractivity contribution is 0.258. The summed E-state index contributed by atoms with van der Waals surface area (Å²) in [6, 6.07) is 12.5. The lowest BCUT2D eigenvalue weighted by Gasteiger charge is -2.19. The van der Waals surface area contributed by atoms with Gasteiger partial charge in [-0.3, -0.25) is 0 Å². The van der Waals surface area contributed by atoms with Crippen molar-refractivity contribution in [1.29, 1.82) is 10.5 Å². The molecule has 0 saturated heterocycles. The topological polar surface area (TPSA) is 110 Å². The Kier molecular flexibility index (Phi) is 28.0. The summed E-state index contributed by atoms with van der Waals surface area (Å²) in [6.07, 6.45) is 39.2. The molecule has 3 aromatic carbocycles. The first-order valence-electron chi connectivity index (χ1n) is 27.2. The number of ether oxygens (including phenoxy) is 4. The summed E-state index contributed by atoms with van der Waals surface area (Å²) in [5.74, 6) is 2.77. The molecule has 0 radical (unpaired) electrons. The van der Waals surface area contributed by atoms with Crippen LogP contribution >= 0.6 is 0 Å². The van der Waals surface area contributed by atoms with Crippen LogP contribution in [-0.4, -0.2) is 36.4 Å². The minimum atomic E-state index is 0.0126. The molecule has 0 aliphatic rings. The third kappa shape index (κ3) is 19.1. The molecule has 0 amide bonds. The van der Waals surface area contributed by atoms with Gasteiger partial charge >= 0.3 is 0 Å². The van der Waals surface area contributed by atoms with Crippen LogP contribution in [0.2, 0.25) is 0 Å². The van der Waals surface area contributed by atoms with Crippen molar-refractivity contribution >= 4 is 32.6 Å². The minimum Gasteiger partial charge on any atom is -0.490 e. The molecule has 0 fully saturated rings. The van der Waals surface area contributed by atoms with Gasteiger partial charge in [-0.25, -0.2) is 9.97 Å². The van der Waals surface area contributed by atoms with Gasteiger partial charge in [-0.15, -0.1) is 0 Å². The fraction of sp³-hybridized carbons (Fsp3) is 0.690. The van der Waals surface area contributed by atoms with Gasteiger partial charge < -0.3 is 18.9 Å². The lowest BCUT2D eigenvalue weighted by atomic mass is 9.97. The van der Waals surface area contributed by atoms with E-state index in [4.69, 9.17) is 28.9 Å². The van der Waals surface area contributed by atoms with Gasteiger partial charge in [-0.2, -0.15) is 10.5 Å². The van der Waals surface area contributed by atoms with Gasteiger partial charge in [-0.05, 0) is 60.7 Å². The summed E-state index contributed by atoms with van der Waals surface area (Å²) >= 11 is 0. The number of rotatable bonds is 40. The highest BCUT2D eigenvalue weighted by Gasteiger charge is 2.21. The number of unbranched alkanes of at least 4 members (excludes halogenated alkanes) is 28. The molecule has 4 rings (SSSR count). The number of nitrogens with zero attached hydrogens (tertiary/aromatic N) is 4. The van der Waals surface area contributed by atoms with E-state index in [0.29, 0.717) is 60.5 Å². The van der Waals surface area contributed by atoms with Crippen LogP contribution in [0.5, 0.6) is 23.0 Å². The van der Waals surface area contributed by atoms with Crippen molar-refractivity contribution in [3.8, 4) is 35.1 Å². The standard InChI is InChI=1S/C58H88N4O4/c1-5-9-13-17-21-25-29-33-37-63-53-41-47-48-42-54(64-38-34-30-26-22-18-14-10-6-2)56(66-40-36-32-28-24-20-16-12-8-4)44-50(48)58-57(61-51(45-59)52(46-60)62-58)49(47)43-55(53)65-39-35-31-27-23-19-15-11-7-3/h41-44H,5-40H2,1-4H3. The molecule has 0 aliphatic heterocycles. The summed E-state index contributed by atoms with van der Waals surface area (Å²) < 4.78 is 26.5. The van der Waals surface area contributed by atoms with Gasteiger partial charge in [-0.1, -0.05) is 207 Å². The van der Waals surface area contributed by atoms with Crippen molar-refractivity contribution in [1.82, 2.24) is 9.97 Å². The van der Waals surface area contributed by atoms with Crippen molar-refractivity contribution < 1.29 is 18.9 Å². The van der Waals surface area contributed by atoms with Crippen LogP contribution in [0.3, 0.4) is 0 Å². The van der Waals surface area contributed by atoms with E-state index in [2.05, 4.69) is 52.0 Å². The van der Waals surface area contributed by atoms with Crippen LogP contribution in [0.15, 0.2) is 24.3 Å². The Morgan fingerprint density at radius 2 is 0.530 bits per heavy atom. The molecule has 66 heavy (non-hydrogen) atoms. The smallest absolute Gasteiger partial charge is 0.177 e. The first-order chi connectivity index (χ1) is 32.6. The monoisotopic (exact) mass is 905 g/mol. The summed E-state index contributed by atoms with van der Waals surface area (Å²) in [4.78, 5) is 9.70. The van der Waals surface area contributed by atoms with Gasteiger partial charge in [0.25, 0.3) is 0 Å². The zero-order valence-electron chi connectivity index (χ0n) is 42.2. The molecule has 1 aromatic heterocycles. The molecule has 1 heterocycles. The second-order valence-corrected chi connectivity index (χ2v) is 18.8. The Labute approximate surface area is 400 Å². The predicted molar refractivity (Wildman–Crippen MR) is 276 cm³/mol. The highest BCUT2D eigenvalue weighted by molar-refractivity contribution is 6.24. The van der Waals surface area contributed by atoms with Crippen LogP contribution in [0.25, 0.3) is 32.6 Å². The summed E-state index contributed by atoms with van der Waals surface area (Å²) in [5.41, 5.74) is 1.14. The first kappa shape index (κ1) is 54.3. The fourth-order valence-corrected chi connectivity index (χ4v) is 9.05. The fourth-order valence-electron chi connectivity index (χ4n) is 9.05.